The van der Waals surface area contributed by atoms with Crippen LogP contribution in [0.1, 0.15) is 0 Å². The highest BCUT2D eigenvalue weighted by atomic mass is 35.6. The van der Waals surface area contributed by atoms with Crippen LogP contribution in [-0.2, 0) is 0 Å². The average Bonchev–Trinajstić information content (AvgIpc) is 2.25. The number of rotatable bonds is 5. The molecule has 19 heavy (non-hydrogen) atoms. The molecule has 0 rings (SSSR count). The van der Waals surface area contributed by atoms with Crippen molar-refractivity contribution < 1.29 is 0 Å². The van der Waals surface area contributed by atoms with Crippen LogP contribution in [0.2, 0.25) is 0 Å². The van der Waals surface area contributed by atoms with Crippen LogP contribution in [0, 0.1) is 0 Å². The molecule has 0 nitrogen and oxygen atoms in total. The van der Waals surface area contributed by atoms with Crippen molar-refractivity contribution in [2.75, 3.05) is 0 Å². The molecule has 0 saturated carbocycles. The van der Waals surface area contributed by atoms with Crippen LogP contribution < -0.4 is 0 Å². The molecule has 0 aliphatic carbocycles. The number of alkyl halides is 10. The second kappa shape index (κ2) is 8.15. The summed E-state index contributed by atoms with van der Waals surface area (Å²) in [6.45, 7) is 0. The summed E-state index contributed by atoms with van der Waals surface area (Å²) >= 11 is 64.1. The molecule has 3 unspecified atom stereocenters. The molecule has 0 aromatic carbocycles. The second-order valence-corrected chi connectivity index (χ2v) is 10.0. The maximum atomic E-state index is 6.04. The van der Waals surface area contributed by atoms with Gasteiger partial charge in [0.1, 0.15) is 0 Å². The van der Waals surface area contributed by atoms with E-state index in [4.69, 9.17) is 128 Å². The molecule has 0 N–H and O–H groups in total. The second-order valence-electron chi connectivity index (χ2n) is 3.30. The lowest BCUT2D eigenvalue weighted by Crippen LogP contribution is -2.55. The Bertz CT molecular complexity index is 317. The van der Waals surface area contributed by atoms with Gasteiger partial charge in [0, 0.05) is 5.54 Å². The third-order valence-corrected chi connectivity index (χ3v) is 8.15. The van der Waals surface area contributed by atoms with Gasteiger partial charge in [-0.2, -0.15) is 0 Å². The van der Waals surface area contributed by atoms with E-state index in [1.54, 1.807) is 0 Å². The minimum atomic E-state index is -2.24. The maximum Gasteiger partial charge on any atom is 0.226 e. The largest absolute Gasteiger partial charge is 0.226 e. The molecular formula is C8H5Cl11. The van der Waals surface area contributed by atoms with Gasteiger partial charge in [-0.3, -0.25) is 0 Å². The van der Waals surface area contributed by atoms with Crippen LogP contribution in [0.15, 0.2) is 11.6 Å². The molecule has 0 bridgehead atoms. The Morgan fingerprint density at radius 2 is 1.21 bits per heavy atom. The molecule has 11 heteroatoms. The van der Waals surface area contributed by atoms with E-state index in [0.29, 0.717) is 0 Å². The highest BCUT2D eigenvalue weighted by Crippen LogP contribution is 2.59. The van der Waals surface area contributed by atoms with Crippen LogP contribution in [0.4, 0.5) is 0 Å². The van der Waals surface area contributed by atoms with Crippen molar-refractivity contribution in [3.8, 4) is 0 Å². The SMILES string of the molecule is Cl/C=C\C(Cl)C(Cl)C(Cl)C(Cl)(Cl)C(Cl)(Cl)C(Cl)(Cl)Cl. The molecular weight excluding hydrogens is 486 g/mol. The number of hydrogen-bond acceptors (Lipinski definition) is 0. The Kier molecular flexibility index (Phi) is 9.41. The fourth-order valence-corrected chi connectivity index (χ4v) is 3.78. The van der Waals surface area contributed by atoms with Gasteiger partial charge in [-0.05, 0) is 0 Å². The first-order valence-electron chi connectivity index (χ1n) is 4.32. The molecule has 0 heterocycles. The van der Waals surface area contributed by atoms with Gasteiger partial charge in [-0.25, -0.2) is 0 Å². The lowest BCUT2D eigenvalue weighted by molar-refractivity contribution is 0.601. The summed E-state index contributed by atoms with van der Waals surface area (Å²) in [4.78, 5) is 0. The molecule has 0 aliphatic heterocycles. The molecule has 0 amide bonds. The number of allylic oxidation sites excluding steroid dienone is 1. The zero-order valence-electron chi connectivity index (χ0n) is 8.54. The molecule has 3 atom stereocenters. The smallest absolute Gasteiger partial charge is 0.119 e. The first-order chi connectivity index (χ1) is 8.30. The monoisotopic (exact) mass is 486 g/mol. The Morgan fingerprint density at radius 3 is 1.53 bits per heavy atom. The third kappa shape index (κ3) is 5.21. The molecule has 0 aromatic heterocycles. The summed E-state index contributed by atoms with van der Waals surface area (Å²) < 4.78 is -6.56. The normalized spacial score (nSPS) is 19.5. The van der Waals surface area contributed by atoms with Crippen molar-refractivity contribution in [3.63, 3.8) is 0 Å². The lowest BCUT2D eigenvalue weighted by Gasteiger charge is -2.41. The minimum Gasteiger partial charge on any atom is -0.119 e. The van der Waals surface area contributed by atoms with Crippen LogP contribution in [0.25, 0.3) is 0 Å². The lowest BCUT2D eigenvalue weighted by atomic mass is 10.1. The summed E-state index contributed by atoms with van der Waals surface area (Å²) in [6.07, 6.45) is 1.36. The first kappa shape index (κ1) is 21.9. The van der Waals surface area contributed by atoms with Crippen molar-refractivity contribution in [2.45, 2.75) is 28.6 Å². The summed E-state index contributed by atoms with van der Waals surface area (Å²) in [5, 5.41) is -3.03. The van der Waals surface area contributed by atoms with Gasteiger partial charge in [0.2, 0.25) is 3.79 Å². The molecule has 0 spiro atoms. The summed E-state index contributed by atoms with van der Waals surface area (Å²) in [5.41, 5.74) is 1.16. The fourth-order valence-electron chi connectivity index (χ4n) is 0.899. The van der Waals surface area contributed by atoms with E-state index < -0.39 is 28.6 Å². The van der Waals surface area contributed by atoms with Gasteiger partial charge in [-0.1, -0.05) is 98.9 Å². The Labute approximate surface area is 166 Å². The zero-order chi connectivity index (χ0) is 15.6. The van der Waals surface area contributed by atoms with Crippen molar-refractivity contribution in [1.29, 1.82) is 0 Å². The quantitative estimate of drug-likeness (QED) is 0.355. The Balaban J connectivity index is 5.31. The van der Waals surface area contributed by atoms with Gasteiger partial charge in [0.25, 0.3) is 0 Å². The Morgan fingerprint density at radius 1 is 0.789 bits per heavy atom. The molecule has 0 aromatic rings. The number of hydrogen-bond donors (Lipinski definition) is 0. The van der Waals surface area contributed by atoms with Crippen LogP contribution in [-0.4, -0.2) is 28.6 Å². The molecule has 0 fully saturated rings. The average molecular weight is 491 g/mol. The van der Waals surface area contributed by atoms with Crippen LogP contribution in [0.3, 0.4) is 0 Å². The summed E-state index contributed by atoms with van der Waals surface area (Å²) in [5.74, 6) is 0. The van der Waals surface area contributed by atoms with E-state index >= 15 is 0 Å². The predicted molar refractivity (Wildman–Crippen MR) is 93.1 cm³/mol. The molecule has 0 saturated heterocycles. The highest BCUT2D eigenvalue weighted by Gasteiger charge is 2.64. The van der Waals surface area contributed by atoms with E-state index in [1.807, 2.05) is 0 Å². The van der Waals surface area contributed by atoms with E-state index in [-0.39, 0.29) is 0 Å². The summed E-state index contributed by atoms with van der Waals surface area (Å²) in [6, 6.07) is 0. The molecule has 0 radical (unpaired) electrons. The number of halogens is 11. The first-order valence-corrected chi connectivity index (χ1v) is 8.71. The topological polar surface area (TPSA) is 0 Å². The highest BCUT2D eigenvalue weighted by molar-refractivity contribution is 6.79. The van der Waals surface area contributed by atoms with Gasteiger partial charge >= 0.3 is 0 Å². The van der Waals surface area contributed by atoms with Crippen LogP contribution in [0.5, 0.6) is 0 Å². The van der Waals surface area contributed by atoms with Crippen molar-refractivity contribution in [3.05, 3.63) is 11.6 Å². The standard InChI is InChI=1S/C8H5Cl11/c9-2-1-3(10)4(11)5(12)6(13,14)7(15,16)8(17,18)19/h1-5H/b2-1-. The third-order valence-electron chi connectivity index (χ3n) is 1.96. The van der Waals surface area contributed by atoms with Crippen molar-refractivity contribution >= 4 is 128 Å². The van der Waals surface area contributed by atoms with E-state index in [2.05, 4.69) is 0 Å². The zero-order valence-corrected chi connectivity index (χ0v) is 16.9. The van der Waals surface area contributed by atoms with Gasteiger partial charge in [-0.15, -0.1) is 34.8 Å². The minimum absolute atomic E-state index is 0.793. The van der Waals surface area contributed by atoms with E-state index in [0.717, 1.165) is 5.54 Å². The van der Waals surface area contributed by atoms with Gasteiger partial charge < -0.3 is 0 Å². The van der Waals surface area contributed by atoms with Crippen molar-refractivity contribution in [1.82, 2.24) is 0 Å². The van der Waals surface area contributed by atoms with Crippen molar-refractivity contribution in [2.24, 2.45) is 0 Å². The Hall–Kier alpha value is 2.93. The maximum absolute atomic E-state index is 6.04. The molecule has 114 valence electrons. The predicted octanol–water partition coefficient (Wildman–Crippen LogP) is 7.28. The van der Waals surface area contributed by atoms with Crippen LogP contribution >= 0.6 is 128 Å². The summed E-state index contributed by atoms with van der Waals surface area (Å²) in [7, 11) is 0. The van der Waals surface area contributed by atoms with E-state index in [1.165, 1.54) is 6.08 Å². The van der Waals surface area contributed by atoms with E-state index in [9.17, 15) is 0 Å². The molecule has 0 aliphatic rings. The van der Waals surface area contributed by atoms with Gasteiger partial charge in [0.05, 0.1) is 16.1 Å². The fraction of sp³-hybridized carbons (Fsp3) is 0.750. The van der Waals surface area contributed by atoms with Gasteiger partial charge in [0.15, 0.2) is 8.67 Å².